The molecule has 3 rings (SSSR count). The molecule has 1 amide bonds. The van der Waals surface area contributed by atoms with Crippen molar-refractivity contribution in [3.8, 4) is 29.1 Å². The van der Waals surface area contributed by atoms with Gasteiger partial charge in [0.15, 0.2) is 11.5 Å². The summed E-state index contributed by atoms with van der Waals surface area (Å²) in [5.74, 6) is 2.24. The van der Waals surface area contributed by atoms with Gasteiger partial charge in [0.25, 0.3) is 0 Å². The van der Waals surface area contributed by atoms with Crippen molar-refractivity contribution in [1.29, 1.82) is 5.26 Å². The maximum absolute atomic E-state index is 12.3. The summed E-state index contributed by atoms with van der Waals surface area (Å²) in [4.78, 5) is 12.3. The first-order valence-corrected chi connectivity index (χ1v) is 9.52. The summed E-state index contributed by atoms with van der Waals surface area (Å²) < 4.78 is 16.3. The highest BCUT2D eigenvalue weighted by Gasteiger charge is 2.06. The van der Waals surface area contributed by atoms with Crippen molar-refractivity contribution in [1.82, 2.24) is 0 Å². The van der Waals surface area contributed by atoms with E-state index in [4.69, 9.17) is 19.5 Å². The molecule has 0 aliphatic heterocycles. The number of carbonyl (C=O) groups is 1. The lowest BCUT2D eigenvalue weighted by molar-refractivity contribution is -0.111. The van der Waals surface area contributed by atoms with Crippen molar-refractivity contribution in [2.24, 2.45) is 0 Å². The molecule has 0 saturated heterocycles. The lowest BCUT2D eigenvalue weighted by Crippen LogP contribution is -2.08. The van der Waals surface area contributed by atoms with Crippen LogP contribution in [0.25, 0.3) is 6.08 Å². The second-order valence-corrected chi connectivity index (χ2v) is 6.65. The number of nitriles is 1. The first-order chi connectivity index (χ1) is 15.0. The Balaban J connectivity index is 1.64. The monoisotopic (exact) mass is 414 g/mol. The maximum atomic E-state index is 12.3. The van der Waals surface area contributed by atoms with Gasteiger partial charge >= 0.3 is 0 Å². The van der Waals surface area contributed by atoms with E-state index in [0.717, 1.165) is 11.1 Å². The highest BCUT2D eigenvalue weighted by atomic mass is 16.5. The van der Waals surface area contributed by atoms with E-state index in [2.05, 4.69) is 11.4 Å². The molecule has 0 atom stereocenters. The molecule has 0 aliphatic rings. The summed E-state index contributed by atoms with van der Waals surface area (Å²) in [5.41, 5.74) is 2.94. The SMILES string of the molecule is COc1ccc(C=CC(=O)Nc2ccc(Oc3ccc(C#N)cc3)cc2C)cc1OC. The normalized spacial score (nSPS) is 10.4. The Morgan fingerprint density at radius 2 is 1.65 bits per heavy atom. The largest absolute Gasteiger partial charge is 0.493 e. The molecule has 0 radical (unpaired) electrons. The minimum atomic E-state index is -0.251. The molecule has 0 saturated carbocycles. The number of nitrogens with one attached hydrogen (secondary N) is 1. The first-order valence-electron chi connectivity index (χ1n) is 9.52. The zero-order valence-corrected chi connectivity index (χ0v) is 17.5. The predicted molar refractivity (Wildman–Crippen MR) is 120 cm³/mol. The fourth-order valence-corrected chi connectivity index (χ4v) is 2.88. The van der Waals surface area contributed by atoms with Crippen LogP contribution in [0.5, 0.6) is 23.0 Å². The van der Waals surface area contributed by atoms with Crippen molar-refractivity contribution in [3.05, 3.63) is 83.4 Å². The molecule has 0 aromatic heterocycles. The molecule has 0 bridgehead atoms. The van der Waals surface area contributed by atoms with Crippen LogP contribution >= 0.6 is 0 Å². The number of hydrogen-bond donors (Lipinski definition) is 1. The third kappa shape index (κ3) is 5.64. The Labute approximate surface area is 181 Å². The highest BCUT2D eigenvalue weighted by molar-refractivity contribution is 6.02. The third-order valence-electron chi connectivity index (χ3n) is 4.51. The molecule has 0 heterocycles. The second kappa shape index (κ2) is 9.99. The quantitative estimate of drug-likeness (QED) is 0.529. The lowest BCUT2D eigenvalue weighted by atomic mass is 10.1. The van der Waals surface area contributed by atoms with E-state index in [9.17, 15) is 4.79 Å². The van der Waals surface area contributed by atoms with Gasteiger partial charge in [0.1, 0.15) is 11.5 Å². The molecule has 6 heteroatoms. The number of hydrogen-bond acceptors (Lipinski definition) is 5. The minimum Gasteiger partial charge on any atom is -0.493 e. The fourth-order valence-electron chi connectivity index (χ4n) is 2.88. The number of carbonyl (C=O) groups excluding carboxylic acids is 1. The Bertz CT molecular complexity index is 1150. The van der Waals surface area contributed by atoms with Gasteiger partial charge in [-0.2, -0.15) is 5.26 Å². The third-order valence-corrected chi connectivity index (χ3v) is 4.51. The van der Waals surface area contributed by atoms with Crippen molar-refractivity contribution in [2.75, 3.05) is 19.5 Å². The zero-order chi connectivity index (χ0) is 22.2. The molecule has 0 aliphatic carbocycles. The van der Waals surface area contributed by atoms with Crippen LogP contribution in [-0.4, -0.2) is 20.1 Å². The van der Waals surface area contributed by atoms with Gasteiger partial charge in [-0.3, -0.25) is 4.79 Å². The number of anilines is 1. The Hall–Kier alpha value is -4.24. The van der Waals surface area contributed by atoms with Crippen LogP contribution in [-0.2, 0) is 4.79 Å². The fraction of sp³-hybridized carbons (Fsp3) is 0.120. The van der Waals surface area contributed by atoms with Crippen LogP contribution < -0.4 is 19.5 Å². The second-order valence-electron chi connectivity index (χ2n) is 6.65. The van der Waals surface area contributed by atoms with Crippen LogP contribution in [0.2, 0.25) is 0 Å². The number of aryl methyl sites for hydroxylation is 1. The zero-order valence-electron chi connectivity index (χ0n) is 17.5. The van der Waals surface area contributed by atoms with Gasteiger partial charge < -0.3 is 19.5 Å². The molecule has 6 nitrogen and oxygen atoms in total. The van der Waals surface area contributed by atoms with Crippen molar-refractivity contribution >= 4 is 17.7 Å². The van der Waals surface area contributed by atoms with Crippen LogP contribution in [0, 0.1) is 18.3 Å². The maximum Gasteiger partial charge on any atom is 0.248 e. The van der Waals surface area contributed by atoms with Crippen molar-refractivity contribution < 1.29 is 19.0 Å². The number of nitrogens with zero attached hydrogens (tertiary/aromatic N) is 1. The summed E-state index contributed by atoms with van der Waals surface area (Å²) >= 11 is 0. The van der Waals surface area contributed by atoms with Crippen LogP contribution in [0.4, 0.5) is 5.69 Å². The van der Waals surface area contributed by atoms with E-state index in [-0.39, 0.29) is 5.91 Å². The van der Waals surface area contributed by atoms with Gasteiger partial charge in [-0.1, -0.05) is 6.07 Å². The first kappa shape index (κ1) is 21.5. The van der Waals surface area contributed by atoms with E-state index < -0.39 is 0 Å². The van der Waals surface area contributed by atoms with E-state index in [1.54, 1.807) is 68.8 Å². The minimum absolute atomic E-state index is 0.251. The van der Waals surface area contributed by atoms with Gasteiger partial charge in [-0.05, 0) is 78.7 Å². The predicted octanol–water partition coefficient (Wildman–Crippen LogP) is 5.33. The smallest absolute Gasteiger partial charge is 0.248 e. The van der Waals surface area contributed by atoms with Gasteiger partial charge in [0.05, 0.1) is 25.9 Å². The summed E-state index contributed by atoms with van der Waals surface area (Å²) in [6.45, 7) is 1.89. The summed E-state index contributed by atoms with van der Waals surface area (Å²) in [7, 11) is 3.14. The number of benzene rings is 3. The molecular formula is C25H22N2O4. The Morgan fingerprint density at radius 3 is 2.29 bits per heavy atom. The molecular weight excluding hydrogens is 392 g/mol. The van der Waals surface area contributed by atoms with Crippen LogP contribution in [0.15, 0.2) is 66.7 Å². The average molecular weight is 414 g/mol. The van der Waals surface area contributed by atoms with Gasteiger partial charge in [-0.15, -0.1) is 0 Å². The molecule has 31 heavy (non-hydrogen) atoms. The molecule has 1 N–H and O–H groups in total. The molecule has 0 unspecified atom stereocenters. The summed E-state index contributed by atoms with van der Waals surface area (Å²) in [6, 6.07) is 19.8. The van der Waals surface area contributed by atoms with Crippen LogP contribution in [0.3, 0.4) is 0 Å². The van der Waals surface area contributed by atoms with Gasteiger partial charge in [-0.25, -0.2) is 0 Å². The number of ether oxygens (including phenoxy) is 3. The Morgan fingerprint density at radius 1 is 0.935 bits per heavy atom. The molecule has 0 fully saturated rings. The highest BCUT2D eigenvalue weighted by Crippen LogP contribution is 2.28. The Kier molecular flexibility index (Phi) is 6.92. The number of methoxy groups -OCH3 is 2. The average Bonchev–Trinajstić information content (AvgIpc) is 2.79. The van der Waals surface area contributed by atoms with Gasteiger partial charge in [0, 0.05) is 11.8 Å². The number of rotatable bonds is 7. The molecule has 156 valence electrons. The van der Waals surface area contributed by atoms with E-state index in [1.165, 1.54) is 6.08 Å². The van der Waals surface area contributed by atoms with E-state index >= 15 is 0 Å². The van der Waals surface area contributed by atoms with Gasteiger partial charge in [0.2, 0.25) is 5.91 Å². The molecule has 3 aromatic carbocycles. The van der Waals surface area contributed by atoms with E-state index in [1.807, 2.05) is 19.1 Å². The summed E-state index contributed by atoms with van der Waals surface area (Å²) in [5, 5.41) is 11.7. The van der Waals surface area contributed by atoms with E-state index in [0.29, 0.717) is 34.2 Å². The molecule has 0 spiro atoms. The molecule has 3 aromatic rings. The standard InChI is InChI=1S/C25H22N2O4/c1-17-14-21(31-20-8-4-19(16-26)5-9-20)10-11-22(17)27-25(28)13-7-18-6-12-23(29-2)24(15-18)30-3/h4-15H,1-3H3,(H,27,28). The van der Waals surface area contributed by atoms with Crippen molar-refractivity contribution in [2.45, 2.75) is 6.92 Å². The van der Waals surface area contributed by atoms with Crippen LogP contribution in [0.1, 0.15) is 16.7 Å². The summed E-state index contributed by atoms with van der Waals surface area (Å²) in [6.07, 6.45) is 3.16. The number of amides is 1. The van der Waals surface area contributed by atoms with Crippen molar-refractivity contribution in [3.63, 3.8) is 0 Å². The topological polar surface area (TPSA) is 80.6 Å². The lowest BCUT2D eigenvalue weighted by Gasteiger charge is -2.10.